The van der Waals surface area contributed by atoms with Gasteiger partial charge in [0, 0.05) is 18.7 Å². The fraction of sp³-hybridized carbons (Fsp3) is 0.263. The molecule has 0 heterocycles. The Balaban J connectivity index is 2.22. The number of benzene rings is 2. The standard InChI is InChI=1S/C19H19F3N2O4/c1-12(25)24(16-8-7-15(27-2)10-17(16)28-3)11-18(26)23-14-6-4-5-13(9-14)19(20,21)22/h4-10H,11H2,1-3H3,(H,23,26). The summed E-state index contributed by atoms with van der Waals surface area (Å²) in [5.41, 5.74) is -0.578. The summed E-state index contributed by atoms with van der Waals surface area (Å²) in [6.07, 6.45) is -4.53. The van der Waals surface area contributed by atoms with Crippen LogP contribution in [0, 0.1) is 0 Å². The lowest BCUT2D eigenvalue weighted by Gasteiger charge is -2.23. The Morgan fingerprint density at radius 1 is 1.07 bits per heavy atom. The average Bonchev–Trinajstić information content (AvgIpc) is 2.65. The fourth-order valence-corrected chi connectivity index (χ4v) is 2.49. The summed E-state index contributed by atoms with van der Waals surface area (Å²) < 4.78 is 48.7. The Bertz CT molecular complexity index is 868. The molecule has 0 aromatic heterocycles. The number of hydrogen-bond donors (Lipinski definition) is 1. The molecule has 150 valence electrons. The van der Waals surface area contributed by atoms with Crippen LogP contribution in [0.25, 0.3) is 0 Å². The van der Waals surface area contributed by atoms with Crippen LogP contribution < -0.4 is 19.7 Å². The van der Waals surface area contributed by atoms with Crippen LogP contribution in [-0.4, -0.2) is 32.6 Å². The van der Waals surface area contributed by atoms with E-state index in [0.717, 1.165) is 17.0 Å². The molecule has 2 aromatic rings. The van der Waals surface area contributed by atoms with E-state index in [0.29, 0.717) is 17.2 Å². The van der Waals surface area contributed by atoms with Gasteiger partial charge in [0.1, 0.15) is 18.0 Å². The summed E-state index contributed by atoms with van der Waals surface area (Å²) in [5.74, 6) is -0.297. The number of nitrogens with one attached hydrogen (secondary N) is 1. The van der Waals surface area contributed by atoms with Crippen molar-refractivity contribution in [2.75, 3.05) is 31.0 Å². The zero-order chi connectivity index (χ0) is 20.9. The van der Waals surface area contributed by atoms with Gasteiger partial charge in [-0.15, -0.1) is 0 Å². The maximum absolute atomic E-state index is 12.8. The number of ether oxygens (including phenoxy) is 2. The Hall–Kier alpha value is -3.23. The third-order valence-electron chi connectivity index (χ3n) is 3.83. The predicted octanol–water partition coefficient (Wildman–Crippen LogP) is 3.71. The molecule has 0 bridgehead atoms. The van der Waals surface area contributed by atoms with E-state index < -0.39 is 30.1 Å². The van der Waals surface area contributed by atoms with E-state index in [-0.39, 0.29) is 5.69 Å². The second kappa shape index (κ2) is 8.64. The van der Waals surface area contributed by atoms with Gasteiger partial charge in [0.15, 0.2) is 0 Å². The number of anilines is 2. The van der Waals surface area contributed by atoms with Gasteiger partial charge in [0.05, 0.1) is 25.5 Å². The molecule has 0 radical (unpaired) electrons. The van der Waals surface area contributed by atoms with Crippen LogP contribution in [0.2, 0.25) is 0 Å². The molecule has 2 aromatic carbocycles. The van der Waals surface area contributed by atoms with Crippen LogP contribution in [0.1, 0.15) is 12.5 Å². The number of amides is 2. The van der Waals surface area contributed by atoms with Gasteiger partial charge in [-0.2, -0.15) is 13.2 Å². The summed E-state index contributed by atoms with van der Waals surface area (Å²) in [6, 6.07) is 8.95. The van der Waals surface area contributed by atoms with Gasteiger partial charge in [0.25, 0.3) is 0 Å². The Kier molecular flexibility index (Phi) is 6.50. The van der Waals surface area contributed by atoms with E-state index >= 15 is 0 Å². The van der Waals surface area contributed by atoms with Crippen LogP contribution in [0.5, 0.6) is 11.5 Å². The van der Waals surface area contributed by atoms with Gasteiger partial charge in [-0.3, -0.25) is 14.5 Å². The van der Waals surface area contributed by atoms with Crippen molar-refractivity contribution in [1.29, 1.82) is 0 Å². The quantitative estimate of drug-likeness (QED) is 0.808. The maximum atomic E-state index is 12.8. The first-order valence-electron chi connectivity index (χ1n) is 8.13. The van der Waals surface area contributed by atoms with Crippen LogP contribution >= 0.6 is 0 Å². The van der Waals surface area contributed by atoms with Crippen LogP contribution in [0.4, 0.5) is 24.5 Å². The highest BCUT2D eigenvalue weighted by molar-refractivity contribution is 6.02. The highest BCUT2D eigenvalue weighted by atomic mass is 19.4. The van der Waals surface area contributed by atoms with Crippen LogP contribution in [-0.2, 0) is 15.8 Å². The van der Waals surface area contributed by atoms with Crippen molar-refractivity contribution in [3.63, 3.8) is 0 Å². The van der Waals surface area contributed by atoms with Crippen molar-refractivity contribution >= 4 is 23.2 Å². The highest BCUT2D eigenvalue weighted by Crippen LogP contribution is 2.33. The van der Waals surface area contributed by atoms with Gasteiger partial charge in [-0.05, 0) is 30.3 Å². The molecule has 0 atom stereocenters. The third-order valence-corrected chi connectivity index (χ3v) is 3.83. The van der Waals surface area contributed by atoms with Crippen molar-refractivity contribution in [2.24, 2.45) is 0 Å². The normalized spacial score (nSPS) is 10.9. The van der Waals surface area contributed by atoms with Crippen molar-refractivity contribution in [2.45, 2.75) is 13.1 Å². The number of hydrogen-bond acceptors (Lipinski definition) is 4. The largest absolute Gasteiger partial charge is 0.497 e. The first kappa shape index (κ1) is 21.1. The molecule has 2 amide bonds. The van der Waals surface area contributed by atoms with Crippen molar-refractivity contribution < 1.29 is 32.2 Å². The van der Waals surface area contributed by atoms with Crippen LogP contribution in [0.15, 0.2) is 42.5 Å². The number of nitrogens with zero attached hydrogens (tertiary/aromatic N) is 1. The van der Waals surface area contributed by atoms with Gasteiger partial charge in [-0.1, -0.05) is 6.07 Å². The molecule has 9 heteroatoms. The summed E-state index contributed by atoms with van der Waals surface area (Å²) in [4.78, 5) is 25.5. The maximum Gasteiger partial charge on any atom is 0.416 e. The molecule has 0 aliphatic rings. The first-order chi connectivity index (χ1) is 13.2. The molecule has 0 aliphatic carbocycles. The van der Waals surface area contributed by atoms with Gasteiger partial charge < -0.3 is 14.8 Å². The SMILES string of the molecule is COc1ccc(N(CC(=O)Nc2cccc(C(F)(F)F)c2)C(C)=O)c(OC)c1. The second-order valence-electron chi connectivity index (χ2n) is 5.77. The molecular formula is C19H19F3N2O4. The summed E-state index contributed by atoms with van der Waals surface area (Å²) >= 11 is 0. The average molecular weight is 396 g/mol. The van der Waals surface area contributed by atoms with E-state index in [1.165, 1.54) is 33.3 Å². The van der Waals surface area contributed by atoms with E-state index in [1.54, 1.807) is 18.2 Å². The van der Waals surface area contributed by atoms with Crippen molar-refractivity contribution in [3.8, 4) is 11.5 Å². The summed E-state index contributed by atoms with van der Waals surface area (Å²) in [6.45, 7) is 0.857. The Labute approximate surface area is 159 Å². The molecule has 28 heavy (non-hydrogen) atoms. The topological polar surface area (TPSA) is 67.9 Å². The summed E-state index contributed by atoms with van der Waals surface area (Å²) in [5, 5.41) is 2.37. The molecule has 2 rings (SSSR count). The van der Waals surface area contributed by atoms with E-state index in [2.05, 4.69) is 5.32 Å². The van der Waals surface area contributed by atoms with Gasteiger partial charge in [-0.25, -0.2) is 0 Å². The molecular weight excluding hydrogens is 377 g/mol. The van der Waals surface area contributed by atoms with E-state index in [1.807, 2.05) is 0 Å². The molecule has 0 spiro atoms. The van der Waals surface area contributed by atoms with Crippen molar-refractivity contribution in [1.82, 2.24) is 0 Å². The van der Waals surface area contributed by atoms with Gasteiger partial charge in [0.2, 0.25) is 11.8 Å². The van der Waals surface area contributed by atoms with Gasteiger partial charge >= 0.3 is 6.18 Å². The molecule has 1 N–H and O–H groups in total. The Morgan fingerprint density at radius 2 is 1.79 bits per heavy atom. The first-order valence-corrected chi connectivity index (χ1v) is 8.13. The minimum atomic E-state index is -4.53. The number of halogens is 3. The lowest BCUT2D eigenvalue weighted by Crippen LogP contribution is -2.37. The minimum Gasteiger partial charge on any atom is -0.497 e. The second-order valence-corrected chi connectivity index (χ2v) is 5.77. The molecule has 0 fully saturated rings. The van der Waals surface area contributed by atoms with Crippen molar-refractivity contribution in [3.05, 3.63) is 48.0 Å². The Morgan fingerprint density at radius 3 is 2.36 bits per heavy atom. The van der Waals surface area contributed by atoms with E-state index in [4.69, 9.17) is 9.47 Å². The fourth-order valence-electron chi connectivity index (χ4n) is 2.49. The number of carbonyl (C=O) groups is 2. The lowest BCUT2D eigenvalue weighted by atomic mass is 10.2. The lowest BCUT2D eigenvalue weighted by molar-refractivity contribution is -0.137. The number of methoxy groups -OCH3 is 2. The summed E-state index contributed by atoms with van der Waals surface area (Å²) in [7, 11) is 2.87. The van der Waals surface area contributed by atoms with Crippen LogP contribution in [0.3, 0.4) is 0 Å². The molecule has 0 saturated carbocycles. The number of alkyl halides is 3. The third kappa shape index (κ3) is 5.15. The molecule has 0 saturated heterocycles. The molecule has 0 aliphatic heterocycles. The predicted molar refractivity (Wildman–Crippen MR) is 97.6 cm³/mol. The highest BCUT2D eigenvalue weighted by Gasteiger charge is 2.30. The number of carbonyl (C=O) groups excluding carboxylic acids is 2. The monoisotopic (exact) mass is 396 g/mol. The smallest absolute Gasteiger partial charge is 0.416 e. The zero-order valence-corrected chi connectivity index (χ0v) is 15.5. The minimum absolute atomic E-state index is 0.0231. The zero-order valence-electron chi connectivity index (χ0n) is 15.5. The van der Waals surface area contributed by atoms with E-state index in [9.17, 15) is 22.8 Å². The molecule has 0 unspecified atom stereocenters. The number of rotatable bonds is 6. The molecule has 6 nitrogen and oxygen atoms in total.